The van der Waals surface area contributed by atoms with E-state index in [9.17, 15) is 14.4 Å². The summed E-state index contributed by atoms with van der Waals surface area (Å²) < 4.78 is 9.62. The zero-order valence-electron chi connectivity index (χ0n) is 23.4. The van der Waals surface area contributed by atoms with Gasteiger partial charge in [-0.1, -0.05) is 41.2 Å². The van der Waals surface area contributed by atoms with Crippen molar-refractivity contribution in [3.05, 3.63) is 119 Å². The van der Waals surface area contributed by atoms with Gasteiger partial charge in [0.2, 0.25) is 0 Å². The maximum absolute atomic E-state index is 13.9. The van der Waals surface area contributed by atoms with E-state index in [0.717, 1.165) is 33.8 Å². The van der Waals surface area contributed by atoms with Crippen LogP contribution in [0.2, 0.25) is 0 Å². The number of aromatic nitrogens is 2. The summed E-state index contributed by atoms with van der Waals surface area (Å²) in [6.45, 7) is 11.3. The van der Waals surface area contributed by atoms with E-state index in [-0.39, 0.29) is 17.9 Å². The number of Topliss-reactive ketones (excluding diaryl/α,β-unsaturated/α-hetero) is 1. The van der Waals surface area contributed by atoms with Crippen molar-refractivity contribution in [1.29, 1.82) is 0 Å². The van der Waals surface area contributed by atoms with Gasteiger partial charge in [0.15, 0.2) is 10.6 Å². The van der Waals surface area contributed by atoms with Crippen molar-refractivity contribution in [1.82, 2.24) is 9.13 Å². The van der Waals surface area contributed by atoms with Crippen molar-refractivity contribution >= 4 is 29.2 Å². The van der Waals surface area contributed by atoms with E-state index in [1.165, 1.54) is 11.3 Å². The summed E-state index contributed by atoms with van der Waals surface area (Å²) in [6.07, 6.45) is 1.89. The lowest BCUT2D eigenvalue weighted by molar-refractivity contribution is -0.139. The fourth-order valence-corrected chi connectivity index (χ4v) is 6.21. The van der Waals surface area contributed by atoms with E-state index in [0.29, 0.717) is 26.2 Å². The number of esters is 1. The molecule has 0 N–H and O–H groups in total. The summed E-state index contributed by atoms with van der Waals surface area (Å²) in [7, 11) is 0. The molecule has 4 aromatic rings. The molecule has 7 nitrogen and oxygen atoms in total. The minimum Gasteiger partial charge on any atom is -0.463 e. The SMILES string of the molecule is CCOC(=O)C1=C(C)N=c2s/c(=C/c3cc(C)n(-c4ccc(C(C)=O)cc4)c3C)c(=O)n2[C@@H]1c1ccc(C)cc1. The van der Waals surface area contributed by atoms with Crippen LogP contribution in [0.25, 0.3) is 11.8 Å². The standard InChI is InChI=1S/C32H31N3O4S/c1-7-39-31(38)28-20(4)33-32-35(29(28)24-10-8-18(2)9-11-24)30(37)27(40-32)17-25-16-19(3)34(21(25)5)26-14-12-23(13-15-26)22(6)36/h8-17,29H,7H2,1-6H3/b27-17+/t29-/m1/s1. The number of hydrogen-bond donors (Lipinski definition) is 0. The first kappa shape index (κ1) is 27.3. The predicted molar refractivity (Wildman–Crippen MR) is 157 cm³/mol. The lowest BCUT2D eigenvalue weighted by Gasteiger charge is -2.24. The van der Waals surface area contributed by atoms with Gasteiger partial charge in [0.05, 0.1) is 28.5 Å². The third-order valence-electron chi connectivity index (χ3n) is 7.20. The molecule has 0 saturated carbocycles. The van der Waals surface area contributed by atoms with Gasteiger partial charge in [-0.05, 0) is 89.1 Å². The molecule has 2 aromatic heterocycles. The van der Waals surface area contributed by atoms with E-state index >= 15 is 0 Å². The van der Waals surface area contributed by atoms with E-state index < -0.39 is 12.0 Å². The van der Waals surface area contributed by atoms with Gasteiger partial charge in [0, 0.05) is 22.6 Å². The van der Waals surface area contributed by atoms with Gasteiger partial charge in [-0.15, -0.1) is 0 Å². The molecular formula is C32H31N3O4S. The minimum absolute atomic E-state index is 0.0221. The summed E-state index contributed by atoms with van der Waals surface area (Å²) in [4.78, 5) is 43.9. The first-order chi connectivity index (χ1) is 19.1. The van der Waals surface area contributed by atoms with Crippen molar-refractivity contribution in [2.24, 2.45) is 4.99 Å². The average molecular weight is 554 g/mol. The summed E-state index contributed by atoms with van der Waals surface area (Å²) in [5, 5.41) is 0. The molecular weight excluding hydrogens is 522 g/mol. The Morgan fingerprint density at radius 3 is 2.33 bits per heavy atom. The number of hydrogen-bond acceptors (Lipinski definition) is 6. The monoisotopic (exact) mass is 553 g/mol. The zero-order valence-corrected chi connectivity index (χ0v) is 24.3. The molecule has 1 aliphatic heterocycles. The Bertz CT molecular complexity index is 1850. The fraction of sp³-hybridized carbons (Fsp3) is 0.250. The fourth-order valence-electron chi connectivity index (χ4n) is 5.17. The smallest absolute Gasteiger partial charge is 0.338 e. The zero-order chi connectivity index (χ0) is 28.7. The van der Waals surface area contributed by atoms with Gasteiger partial charge in [-0.25, -0.2) is 9.79 Å². The highest BCUT2D eigenvalue weighted by atomic mass is 32.1. The maximum atomic E-state index is 13.9. The Balaban J connectivity index is 1.66. The molecule has 1 atom stereocenters. The van der Waals surface area contributed by atoms with Crippen LogP contribution >= 0.6 is 11.3 Å². The Morgan fingerprint density at radius 2 is 1.70 bits per heavy atom. The van der Waals surface area contributed by atoms with Crippen LogP contribution in [0.1, 0.15) is 65.2 Å². The second-order valence-electron chi connectivity index (χ2n) is 9.98. The number of aryl methyl sites for hydroxylation is 2. The van der Waals surface area contributed by atoms with Crippen LogP contribution in [0.4, 0.5) is 0 Å². The largest absolute Gasteiger partial charge is 0.463 e. The molecule has 0 fully saturated rings. The summed E-state index contributed by atoms with van der Waals surface area (Å²) in [6, 6.07) is 16.7. The number of fused-ring (bicyclic) bond motifs is 1. The molecule has 40 heavy (non-hydrogen) atoms. The number of thiazole rings is 1. The number of ether oxygens (including phenoxy) is 1. The minimum atomic E-state index is -0.634. The predicted octanol–water partition coefficient (Wildman–Crippen LogP) is 4.72. The van der Waals surface area contributed by atoms with Gasteiger partial charge in [-0.3, -0.25) is 14.2 Å². The molecule has 0 saturated heterocycles. The van der Waals surface area contributed by atoms with Crippen LogP contribution in [0.15, 0.2) is 75.7 Å². The molecule has 204 valence electrons. The third kappa shape index (κ3) is 4.79. The number of allylic oxidation sites excluding steroid dienone is 1. The third-order valence-corrected chi connectivity index (χ3v) is 8.18. The molecule has 2 aromatic carbocycles. The Labute approximate surface area is 236 Å². The molecule has 0 radical (unpaired) electrons. The Morgan fingerprint density at radius 1 is 1.02 bits per heavy atom. The molecule has 1 aliphatic rings. The molecule has 0 spiro atoms. The van der Waals surface area contributed by atoms with Crippen molar-refractivity contribution in [2.45, 2.75) is 47.6 Å². The number of benzene rings is 2. The van der Waals surface area contributed by atoms with Crippen molar-refractivity contribution < 1.29 is 14.3 Å². The summed E-state index contributed by atoms with van der Waals surface area (Å²) >= 11 is 1.31. The van der Waals surface area contributed by atoms with Crippen LogP contribution in [0, 0.1) is 20.8 Å². The molecule has 0 bridgehead atoms. The maximum Gasteiger partial charge on any atom is 0.338 e. The van der Waals surface area contributed by atoms with E-state index in [4.69, 9.17) is 4.74 Å². The van der Waals surface area contributed by atoms with Crippen LogP contribution < -0.4 is 14.9 Å². The number of carbonyl (C=O) groups excluding carboxylic acids is 2. The molecule has 3 heterocycles. The Kier molecular flexibility index (Phi) is 7.29. The molecule has 0 amide bonds. The van der Waals surface area contributed by atoms with Gasteiger partial charge >= 0.3 is 5.97 Å². The lowest BCUT2D eigenvalue weighted by Crippen LogP contribution is -2.39. The van der Waals surface area contributed by atoms with Crippen molar-refractivity contribution in [2.75, 3.05) is 6.61 Å². The number of carbonyl (C=O) groups is 2. The number of nitrogens with zero attached hydrogens (tertiary/aromatic N) is 3. The second kappa shape index (κ2) is 10.7. The quantitative estimate of drug-likeness (QED) is 0.256. The highest BCUT2D eigenvalue weighted by Gasteiger charge is 2.33. The first-order valence-electron chi connectivity index (χ1n) is 13.2. The van der Waals surface area contributed by atoms with E-state index in [2.05, 4.69) is 9.56 Å². The highest BCUT2D eigenvalue weighted by Crippen LogP contribution is 2.31. The van der Waals surface area contributed by atoms with Crippen LogP contribution in [0.5, 0.6) is 0 Å². The molecule has 8 heteroatoms. The molecule has 5 rings (SSSR count). The van der Waals surface area contributed by atoms with Crippen LogP contribution in [-0.4, -0.2) is 27.5 Å². The summed E-state index contributed by atoms with van der Waals surface area (Å²) in [5.41, 5.74) is 7.10. The van der Waals surface area contributed by atoms with Crippen molar-refractivity contribution in [3.8, 4) is 5.69 Å². The Hall–Kier alpha value is -4.30. The number of rotatable bonds is 6. The first-order valence-corrected chi connectivity index (χ1v) is 14.0. The topological polar surface area (TPSA) is 82.7 Å². The van der Waals surface area contributed by atoms with Crippen LogP contribution in [-0.2, 0) is 9.53 Å². The molecule has 0 unspecified atom stereocenters. The molecule has 0 aliphatic carbocycles. The normalized spacial score (nSPS) is 15.2. The average Bonchev–Trinajstić information content (AvgIpc) is 3.37. The van der Waals surface area contributed by atoms with E-state index in [1.54, 1.807) is 25.3 Å². The van der Waals surface area contributed by atoms with E-state index in [1.807, 2.05) is 81.4 Å². The van der Waals surface area contributed by atoms with Gasteiger partial charge in [-0.2, -0.15) is 0 Å². The van der Waals surface area contributed by atoms with Gasteiger partial charge in [0.1, 0.15) is 0 Å². The van der Waals surface area contributed by atoms with Crippen molar-refractivity contribution in [3.63, 3.8) is 0 Å². The summed E-state index contributed by atoms with van der Waals surface area (Å²) in [5.74, 6) is -0.447. The number of ketones is 1. The van der Waals surface area contributed by atoms with Gasteiger partial charge in [0.25, 0.3) is 5.56 Å². The van der Waals surface area contributed by atoms with Crippen LogP contribution in [0.3, 0.4) is 0 Å². The second-order valence-corrected chi connectivity index (χ2v) is 11.0. The van der Waals surface area contributed by atoms with Gasteiger partial charge < -0.3 is 9.30 Å². The lowest BCUT2D eigenvalue weighted by atomic mass is 9.95. The highest BCUT2D eigenvalue weighted by molar-refractivity contribution is 7.07.